The van der Waals surface area contributed by atoms with Crippen molar-refractivity contribution < 1.29 is 4.39 Å². The van der Waals surface area contributed by atoms with E-state index in [9.17, 15) is 4.39 Å². The summed E-state index contributed by atoms with van der Waals surface area (Å²) in [5.41, 5.74) is 0.590. The van der Waals surface area contributed by atoms with Gasteiger partial charge in [0.05, 0.1) is 6.20 Å². The first kappa shape index (κ1) is 15.8. The second kappa shape index (κ2) is 7.00. The van der Waals surface area contributed by atoms with E-state index in [1.165, 1.54) is 12.3 Å². The van der Waals surface area contributed by atoms with E-state index in [-0.39, 0.29) is 5.82 Å². The Morgan fingerprint density at radius 1 is 1.22 bits per heavy atom. The van der Waals surface area contributed by atoms with Gasteiger partial charge in [-0.2, -0.15) is 0 Å². The van der Waals surface area contributed by atoms with E-state index in [4.69, 9.17) is 0 Å². The Morgan fingerprint density at radius 3 is 2.74 bits per heavy atom. The van der Waals surface area contributed by atoms with Crippen LogP contribution in [-0.2, 0) is 0 Å². The van der Waals surface area contributed by atoms with E-state index >= 15 is 0 Å². The van der Waals surface area contributed by atoms with Gasteiger partial charge in [0.1, 0.15) is 17.3 Å². The van der Waals surface area contributed by atoms with E-state index in [1.807, 2.05) is 6.07 Å². The van der Waals surface area contributed by atoms with Crippen molar-refractivity contribution in [3.63, 3.8) is 0 Å². The van der Waals surface area contributed by atoms with Gasteiger partial charge in [0.2, 0.25) is 0 Å². The van der Waals surface area contributed by atoms with E-state index < -0.39 is 0 Å². The number of likely N-dealkylation sites (N-methyl/N-ethyl adjacent to an activating group) is 1. The molecule has 122 valence electrons. The summed E-state index contributed by atoms with van der Waals surface area (Å²) in [6.45, 7) is 8.53. The summed E-state index contributed by atoms with van der Waals surface area (Å²) >= 11 is 0. The molecule has 0 radical (unpaired) electrons. The van der Waals surface area contributed by atoms with Crippen molar-refractivity contribution in [1.29, 1.82) is 0 Å². The molecule has 0 saturated carbocycles. The van der Waals surface area contributed by atoms with Crippen LogP contribution in [0.2, 0.25) is 0 Å². The molecule has 1 atom stereocenters. The van der Waals surface area contributed by atoms with Gasteiger partial charge in [-0.1, -0.05) is 13.8 Å². The first-order valence-electron chi connectivity index (χ1n) is 8.15. The molecule has 2 aromatic heterocycles. The van der Waals surface area contributed by atoms with Gasteiger partial charge in [-0.15, -0.1) is 0 Å². The van der Waals surface area contributed by atoms with Crippen molar-refractivity contribution in [3.05, 3.63) is 36.4 Å². The van der Waals surface area contributed by atoms with Gasteiger partial charge >= 0.3 is 0 Å². The molecule has 0 aliphatic carbocycles. The third-order valence-electron chi connectivity index (χ3n) is 4.41. The van der Waals surface area contributed by atoms with Crippen molar-refractivity contribution >= 4 is 5.82 Å². The van der Waals surface area contributed by atoms with Gasteiger partial charge < -0.3 is 4.90 Å². The maximum atomic E-state index is 13.0. The van der Waals surface area contributed by atoms with Crippen molar-refractivity contribution in [3.8, 4) is 11.5 Å². The van der Waals surface area contributed by atoms with Crippen LogP contribution in [0.3, 0.4) is 0 Å². The minimum atomic E-state index is -0.355. The van der Waals surface area contributed by atoms with E-state index in [1.54, 1.807) is 12.3 Å². The van der Waals surface area contributed by atoms with Crippen molar-refractivity contribution in [1.82, 2.24) is 19.9 Å². The maximum Gasteiger partial charge on any atom is 0.180 e. The number of halogens is 1. The molecule has 2 aromatic rings. The average Bonchev–Trinajstić information content (AvgIpc) is 3.07. The summed E-state index contributed by atoms with van der Waals surface area (Å²) in [6, 6.07) is 5.49. The zero-order chi connectivity index (χ0) is 16.2. The summed E-state index contributed by atoms with van der Waals surface area (Å²) < 4.78 is 13.0. The fourth-order valence-corrected chi connectivity index (χ4v) is 3.14. The van der Waals surface area contributed by atoms with Crippen molar-refractivity contribution in [2.75, 3.05) is 31.1 Å². The molecule has 3 heterocycles. The van der Waals surface area contributed by atoms with Crippen molar-refractivity contribution in [2.45, 2.75) is 26.3 Å². The first-order chi connectivity index (χ1) is 11.2. The van der Waals surface area contributed by atoms with Crippen LogP contribution < -0.4 is 4.90 Å². The number of nitrogens with zero attached hydrogens (tertiary/aromatic N) is 5. The third kappa shape index (κ3) is 3.47. The zero-order valence-electron chi connectivity index (χ0n) is 13.6. The molecule has 0 aromatic carbocycles. The summed E-state index contributed by atoms with van der Waals surface area (Å²) in [6.07, 6.45) is 4.08. The number of hydrogen-bond donors (Lipinski definition) is 0. The fraction of sp³-hybridized carbons (Fsp3) is 0.471. The Morgan fingerprint density at radius 2 is 2.04 bits per heavy atom. The number of rotatable bonds is 5. The van der Waals surface area contributed by atoms with E-state index in [0.29, 0.717) is 17.6 Å². The Balaban J connectivity index is 1.77. The van der Waals surface area contributed by atoms with E-state index in [0.717, 1.165) is 38.4 Å². The number of pyridine rings is 1. The molecule has 1 fully saturated rings. The lowest BCUT2D eigenvalue weighted by molar-refractivity contribution is 0.232. The smallest absolute Gasteiger partial charge is 0.180 e. The van der Waals surface area contributed by atoms with E-state index in [2.05, 4.69) is 38.6 Å². The summed E-state index contributed by atoms with van der Waals surface area (Å²) in [7, 11) is 0. The van der Waals surface area contributed by atoms with Gasteiger partial charge in [-0.25, -0.2) is 19.3 Å². The van der Waals surface area contributed by atoms with Crippen LogP contribution in [0.15, 0.2) is 30.6 Å². The second-order valence-corrected chi connectivity index (χ2v) is 5.71. The minimum Gasteiger partial charge on any atom is -0.355 e. The van der Waals surface area contributed by atoms with Crippen LogP contribution in [0.4, 0.5) is 10.2 Å². The number of anilines is 1. The van der Waals surface area contributed by atoms with Crippen molar-refractivity contribution in [2.24, 2.45) is 0 Å². The molecular formula is C17H22FN5. The quantitative estimate of drug-likeness (QED) is 0.848. The lowest BCUT2D eigenvalue weighted by atomic mass is 10.2. The van der Waals surface area contributed by atoms with Gasteiger partial charge in [0.25, 0.3) is 0 Å². The normalized spacial score (nSPS) is 17.9. The fourth-order valence-electron chi connectivity index (χ4n) is 3.14. The molecule has 1 unspecified atom stereocenters. The highest BCUT2D eigenvalue weighted by molar-refractivity contribution is 5.52. The standard InChI is InChI=1S/C17H22FN5/c1-3-22(4-2)14-8-10-23(12-14)16-7-9-19-17(21-16)15-6-5-13(18)11-20-15/h5-7,9,11,14H,3-4,8,10,12H2,1-2H3. The van der Waals surface area contributed by atoms with Gasteiger partial charge in [0.15, 0.2) is 5.82 Å². The number of hydrogen-bond acceptors (Lipinski definition) is 5. The molecule has 23 heavy (non-hydrogen) atoms. The lowest BCUT2D eigenvalue weighted by Gasteiger charge is -2.26. The van der Waals surface area contributed by atoms with Gasteiger partial charge in [-0.3, -0.25) is 4.90 Å². The average molecular weight is 315 g/mol. The summed E-state index contributed by atoms with van der Waals surface area (Å²) in [5.74, 6) is 1.09. The molecule has 3 rings (SSSR count). The molecule has 6 heteroatoms. The van der Waals surface area contributed by atoms with Gasteiger partial charge in [0, 0.05) is 25.3 Å². The molecule has 1 saturated heterocycles. The third-order valence-corrected chi connectivity index (χ3v) is 4.41. The molecule has 5 nitrogen and oxygen atoms in total. The highest BCUT2D eigenvalue weighted by Gasteiger charge is 2.27. The number of aromatic nitrogens is 3. The van der Waals surface area contributed by atoms with Crippen LogP contribution >= 0.6 is 0 Å². The molecule has 0 bridgehead atoms. The van der Waals surface area contributed by atoms with Crippen LogP contribution in [0.5, 0.6) is 0 Å². The molecule has 0 amide bonds. The molecular weight excluding hydrogens is 293 g/mol. The molecule has 0 N–H and O–H groups in total. The lowest BCUT2D eigenvalue weighted by Crippen LogP contribution is -2.37. The van der Waals surface area contributed by atoms with Crippen LogP contribution in [-0.4, -0.2) is 52.1 Å². The SMILES string of the molecule is CCN(CC)C1CCN(c2ccnc(-c3ccc(F)cn3)n2)C1. The molecule has 1 aliphatic heterocycles. The first-order valence-corrected chi connectivity index (χ1v) is 8.15. The topological polar surface area (TPSA) is 45.2 Å². The second-order valence-electron chi connectivity index (χ2n) is 5.71. The van der Waals surface area contributed by atoms with Crippen LogP contribution in [0.25, 0.3) is 11.5 Å². The Hall–Kier alpha value is -2.08. The highest BCUT2D eigenvalue weighted by atomic mass is 19.1. The highest BCUT2D eigenvalue weighted by Crippen LogP contribution is 2.23. The predicted octanol–water partition coefficient (Wildman–Crippen LogP) is 2.60. The Labute approximate surface area is 136 Å². The molecule has 0 spiro atoms. The summed E-state index contributed by atoms with van der Waals surface area (Å²) in [4.78, 5) is 17.7. The monoisotopic (exact) mass is 315 g/mol. The largest absolute Gasteiger partial charge is 0.355 e. The van der Waals surface area contributed by atoms with Crippen LogP contribution in [0.1, 0.15) is 20.3 Å². The Bertz CT molecular complexity index is 642. The minimum absolute atomic E-state index is 0.355. The molecule has 1 aliphatic rings. The van der Waals surface area contributed by atoms with Crippen LogP contribution in [0, 0.1) is 5.82 Å². The summed E-state index contributed by atoms with van der Waals surface area (Å²) in [5, 5.41) is 0. The van der Waals surface area contributed by atoms with Gasteiger partial charge in [-0.05, 0) is 37.7 Å². The zero-order valence-corrected chi connectivity index (χ0v) is 13.6. The predicted molar refractivity (Wildman–Crippen MR) is 88.8 cm³/mol. The maximum absolute atomic E-state index is 13.0. The Kier molecular flexibility index (Phi) is 4.81.